The summed E-state index contributed by atoms with van der Waals surface area (Å²) in [5.74, 6) is 0.956. The Morgan fingerprint density at radius 3 is 2.43 bits per heavy atom. The molecule has 0 radical (unpaired) electrons. The molecule has 2 nitrogen and oxygen atoms in total. The smallest absolute Gasteiger partial charge is 0.303 e. The number of carboxylic acid groups (broad SMARTS) is 1. The highest BCUT2D eigenvalue weighted by Crippen LogP contribution is 2.69. The van der Waals surface area contributed by atoms with Gasteiger partial charge in [0.05, 0.1) is 6.42 Å². The zero-order valence-corrected chi connectivity index (χ0v) is 15.5. The molecule has 0 aromatic heterocycles. The summed E-state index contributed by atoms with van der Waals surface area (Å²) in [6.45, 7) is 14.1. The summed E-state index contributed by atoms with van der Waals surface area (Å²) in [4.78, 5) is 11.5. The maximum Gasteiger partial charge on any atom is 0.303 e. The fourth-order valence-corrected chi connectivity index (χ4v) is 7.29. The van der Waals surface area contributed by atoms with Crippen LogP contribution in [-0.2, 0) is 4.79 Å². The number of fused-ring (bicyclic) bond motifs is 3. The first-order valence-corrected chi connectivity index (χ1v) is 9.51. The summed E-state index contributed by atoms with van der Waals surface area (Å²) in [6, 6.07) is 0. The predicted molar refractivity (Wildman–Crippen MR) is 94.2 cm³/mol. The van der Waals surface area contributed by atoms with Gasteiger partial charge in [-0.2, -0.15) is 0 Å². The quantitative estimate of drug-likeness (QED) is 0.665. The summed E-state index contributed by atoms with van der Waals surface area (Å²) in [7, 11) is 0. The Labute approximate surface area is 141 Å². The lowest BCUT2D eigenvalue weighted by molar-refractivity contribution is -0.160. The lowest BCUT2D eigenvalue weighted by atomic mass is 9.39. The molecule has 1 N–H and O–H groups in total. The van der Waals surface area contributed by atoms with E-state index >= 15 is 0 Å². The van der Waals surface area contributed by atoms with Gasteiger partial charge in [0.1, 0.15) is 0 Å². The zero-order chi connectivity index (χ0) is 17.0. The van der Waals surface area contributed by atoms with E-state index < -0.39 is 5.97 Å². The molecule has 0 amide bonds. The van der Waals surface area contributed by atoms with E-state index in [2.05, 4.69) is 34.3 Å². The van der Waals surface area contributed by atoms with Crippen molar-refractivity contribution in [3.63, 3.8) is 0 Å². The van der Waals surface area contributed by atoms with Gasteiger partial charge in [-0.1, -0.05) is 46.3 Å². The van der Waals surface area contributed by atoms with Crippen molar-refractivity contribution in [2.75, 3.05) is 0 Å². The van der Waals surface area contributed by atoms with Gasteiger partial charge >= 0.3 is 5.97 Å². The molecule has 23 heavy (non-hydrogen) atoms. The summed E-state index contributed by atoms with van der Waals surface area (Å²) in [5.41, 5.74) is 2.15. The van der Waals surface area contributed by atoms with Gasteiger partial charge in [-0.15, -0.1) is 0 Å². The molecule has 2 heteroatoms. The minimum Gasteiger partial charge on any atom is -0.481 e. The van der Waals surface area contributed by atoms with Crippen LogP contribution in [0, 0.1) is 34.0 Å². The number of carbonyl (C=O) groups is 1. The third-order valence-electron chi connectivity index (χ3n) is 8.26. The first kappa shape index (κ1) is 17.0. The number of allylic oxidation sites excluding steroid dienone is 1. The maximum atomic E-state index is 11.5. The molecule has 3 aliphatic rings. The highest BCUT2D eigenvalue weighted by molar-refractivity contribution is 5.67. The van der Waals surface area contributed by atoms with Crippen LogP contribution in [0.15, 0.2) is 12.2 Å². The van der Waals surface area contributed by atoms with E-state index in [1.165, 1.54) is 44.1 Å². The second kappa shape index (κ2) is 5.36. The molecule has 5 atom stereocenters. The van der Waals surface area contributed by atoms with Gasteiger partial charge in [0.15, 0.2) is 0 Å². The SMILES string of the molecule is C=C1CC[C@@H]2[C@](C)(CC[C@@H]3C(C)(C)CCC[C@]23C)[C@@H]1CC(=O)O. The van der Waals surface area contributed by atoms with Crippen molar-refractivity contribution >= 4 is 5.97 Å². The standard InChI is InChI=1S/C21H34O2/c1-14-7-8-17-20(4,15(14)13-18(22)23)12-9-16-19(2,3)10-6-11-21(16,17)5/h15-17H,1,6-13H2,2-5H3,(H,22,23)/t15-,16-,17-,20-,21+/m1/s1. The fraction of sp³-hybridized carbons (Fsp3) is 0.857. The Hall–Kier alpha value is -0.790. The third kappa shape index (κ3) is 2.48. The largest absolute Gasteiger partial charge is 0.481 e. The van der Waals surface area contributed by atoms with Crippen LogP contribution in [0.5, 0.6) is 0 Å². The highest BCUT2D eigenvalue weighted by Gasteiger charge is 2.61. The Balaban J connectivity index is 1.99. The van der Waals surface area contributed by atoms with Crippen molar-refractivity contribution in [3.8, 4) is 0 Å². The minimum absolute atomic E-state index is 0.131. The Morgan fingerprint density at radius 2 is 1.78 bits per heavy atom. The second-order valence-corrected chi connectivity index (χ2v) is 9.84. The van der Waals surface area contributed by atoms with Gasteiger partial charge in [-0.25, -0.2) is 0 Å². The van der Waals surface area contributed by atoms with Gasteiger partial charge < -0.3 is 5.11 Å². The van der Waals surface area contributed by atoms with Crippen LogP contribution in [-0.4, -0.2) is 11.1 Å². The van der Waals surface area contributed by atoms with Crippen LogP contribution >= 0.6 is 0 Å². The number of rotatable bonds is 2. The van der Waals surface area contributed by atoms with Crippen molar-refractivity contribution in [2.45, 2.75) is 79.1 Å². The highest BCUT2D eigenvalue weighted by atomic mass is 16.4. The minimum atomic E-state index is -0.658. The number of hydrogen-bond donors (Lipinski definition) is 1. The Bertz CT molecular complexity index is 520. The molecule has 3 aliphatic carbocycles. The van der Waals surface area contributed by atoms with E-state index in [-0.39, 0.29) is 17.8 Å². The normalized spacial score (nSPS) is 45.9. The van der Waals surface area contributed by atoms with Crippen molar-refractivity contribution in [1.29, 1.82) is 0 Å². The summed E-state index contributed by atoms with van der Waals surface area (Å²) < 4.78 is 0. The predicted octanol–water partition coefficient (Wildman–Crippen LogP) is 5.68. The molecular weight excluding hydrogens is 284 g/mol. The van der Waals surface area contributed by atoms with Gasteiger partial charge in [0.2, 0.25) is 0 Å². The number of hydrogen-bond acceptors (Lipinski definition) is 1. The number of carboxylic acids is 1. The molecule has 0 aliphatic heterocycles. The first-order valence-electron chi connectivity index (χ1n) is 9.51. The van der Waals surface area contributed by atoms with Crippen LogP contribution in [0.2, 0.25) is 0 Å². The lowest BCUT2D eigenvalue weighted by Crippen LogP contribution is -2.58. The average Bonchev–Trinajstić information content (AvgIpc) is 2.41. The summed E-state index contributed by atoms with van der Waals surface area (Å²) in [5, 5.41) is 9.43. The monoisotopic (exact) mass is 318 g/mol. The second-order valence-electron chi connectivity index (χ2n) is 9.84. The molecule has 3 saturated carbocycles. The molecule has 0 bridgehead atoms. The first-order chi connectivity index (χ1) is 10.6. The molecule has 0 aromatic carbocycles. The van der Waals surface area contributed by atoms with Gasteiger partial charge in [0.25, 0.3) is 0 Å². The van der Waals surface area contributed by atoms with Crippen LogP contribution in [0.1, 0.15) is 79.1 Å². The summed E-state index contributed by atoms with van der Waals surface area (Å²) in [6.07, 6.45) is 8.97. The molecule has 3 fully saturated rings. The molecule has 0 aromatic rings. The van der Waals surface area contributed by atoms with Crippen LogP contribution in [0.4, 0.5) is 0 Å². The van der Waals surface area contributed by atoms with Crippen LogP contribution < -0.4 is 0 Å². The molecule has 3 rings (SSSR count). The van der Waals surface area contributed by atoms with E-state index in [1.807, 2.05) is 0 Å². The van der Waals surface area contributed by atoms with Crippen molar-refractivity contribution in [2.24, 2.45) is 34.0 Å². The van der Waals surface area contributed by atoms with E-state index in [0.29, 0.717) is 16.7 Å². The van der Waals surface area contributed by atoms with E-state index in [0.717, 1.165) is 12.3 Å². The molecule has 0 saturated heterocycles. The molecule has 0 heterocycles. The Kier molecular flexibility index (Phi) is 3.97. The van der Waals surface area contributed by atoms with E-state index in [4.69, 9.17) is 0 Å². The molecular formula is C21H34O2. The lowest BCUT2D eigenvalue weighted by Gasteiger charge is -2.66. The van der Waals surface area contributed by atoms with Gasteiger partial charge in [-0.05, 0) is 72.5 Å². The van der Waals surface area contributed by atoms with E-state index in [1.54, 1.807) is 0 Å². The molecule has 0 unspecified atom stereocenters. The Morgan fingerprint density at radius 1 is 1.09 bits per heavy atom. The van der Waals surface area contributed by atoms with Crippen LogP contribution in [0.25, 0.3) is 0 Å². The number of aliphatic carboxylic acids is 1. The zero-order valence-electron chi connectivity index (χ0n) is 15.5. The van der Waals surface area contributed by atoms with Crippen molar-refractivity contribution in [1.82, 2.24) is 0 Å². The van der Waals surface area contributed by atoms with Crippen molar-refractivity contribution < 1.29 is 9.90 Å². The average molecular weight is 319 g/mol. The maximum absolute atomic E-state index is 11.5. The van der Waals surface area contributed by atoms with Gasteiger partial charge in [-0.3, -0.25) is 4.79 Å². The van der Waals surface area contributed by atoms with Gasteiger partial charge in [0, 0.05) is 0 Å². The van der Waals surface area contributed by atoms with Crippen LogP contribution in [0.3, 0.4) is 0 Å². The fourth-order valence-electron chi connectivity index (χ4n) is 7.29. The van der Waals surface area contributed by atoms with E-state index in [9.17, 15) is 9.90 Å². The third-order valence-corrected chi connectivity index (χ3v) is 8.26. The molecule has 130 valence electrons. The molecule has 0 spiro atoms. The topological polar surface area (TPSA) is 37.3 Å². The van der Waals surface area contributed by atoms with Crippen molar-refractivity contribution in [3.05, 3.63) is 12.2 Å². The summed E-state index contributed by atoms with van der Waals surface area (Å²) >= 11 is 0.